The second kappa shape index (κ2) is 8.12. The Bertz CT molecular complexity index is 290. The Hall–Kier alpha value is -1.05. The molecule has 102 valence electrons. The first-order chi connectivity index (χ1) is 8.63. The molecule has 1 amide bonds. The third-order valence-corrected chi connectivity index (χ3v) is 3.49. The zero-order chi connectivity index (χ0) is 13.4. The number of piperazine rings is 1. The lowest BCUT2D eigenvalue weighted by Crippen LogP contribution is -2.47. The topological polar surface area (TPSA) is 26.8 Å². The number of carbonyl (C=O) groups is 1. The molecule has 0 spiro atoms. The van der Waals surface area contributed by atoms with Crippen molar-refractivity contribution in [1.29, 1.82) is 0 Å². The summed E-state index contributed by atoms with van der Waals surface area (Å²) in [4.78, 5) is 18.4. The number of terminal acetylenes is 1. The molecule has 0 aromatic carbocycles. The summed E-state index contributed by atoms with van der Waals surface area (Å²) in [7, 11) is 4.03. The van der Waals surface area contributed by atoms with E-state index >= 15 is 0 Å². The van der Waals surface area contributed by atoms with Gasteiger partial charge in [0.05, 0.1) is 0 Å². The van der Waals surface area contributed by atoms with Crippen LogP contribution in [0.4, 0.5) is 0 Å². The van der Waals surface area contributed by atoms with Gasteiger partial charge in [-0.25, -0.2) is 0 Å². The Morgan fingerprint density at radius 2 is 2.00 bits per heavy atom. The average Bonchev–Trinajstić information content (AvgIpc) is 2.38. The first-order valence-electron chi connectivity index (χ1n) is 6.72. The number of amides is 1. The largest absolute Gasteiger partial charge is 0.344 e. The van der Waals surface area contributed by atoms with Gasteiger partial charge in [0.2, 0.25) is 5.91 Å². The quantitative estimate of drug-likeness (QED) is 0.508. The summed E-state index contributed by atoms with van der Waals surface area (Å²) in [5, 5.41) is 0. The second-order valence-electron chi connectivity index (χ2n) is 5.02. The summed E-state index contributed by atoms with van der Waals surface area (Å²) in [5.41, 5.74) is 0. The van der Waals surface area contributed by atoms with Crippen molar-refractivity contribution in [2.24, 2.45) is 0 Å². The smallest absolute Gasteiger partial charge is 0.222 e. The van der Waals surface area contributed by atoms with Gasteiger partial charge >= 0.3 is 0 Å². The number of rotatable bonds is 6. The van der Waals surface area contributed by atoms with Crippen molar-refractivity contribution >= 4 is 5.91 Å². The van der Waals surface area contributed by atoms with Crippen LogP contribution in [0.2, 0.25) is 0 Å². The summed E-state index contributed by atoms with van der Waals surface area (Å²) in [6.07, 6.45) is 7.24. The highest BCUT2D eigenvalue weighted by atomic mass is 16.2. The number of carbonyl (C=O) groups excluding carboxylic acids is 1. The van der Waals surface area contributed by atoms with Gasteiger partial charge in [-0.1, -0.05) is 0 Å². The summed E-state index contributed by atoms with van der Waals surface area (Å²) in [6, 6.07) is 0. The van der Waals surface area contributed by atoms with Crippen LogP contribution in [0.1, 0.15) is 19.3 Å². The third-order valence-electron chi connectivity index (χ3n) is 3.49. The number of hydrogen-bond acceptors (Lipinski definition) is 3. The van der Waals surface area contributed by atoms with Crippen LogP contribution in [0, 0.1) is 12.3 Å². The lowest BCUT2D eigenvalue weighted by molar-refractivity contribution is -0.130. The van der Waals surface area contributed by atoms with Crippen molar-refractivity contribution in [2.45, 2.75) is 19.3 Å². The molecule has 0 N–H and O–H groups in total. The molecule has 1 fully saturated rings. The van der Waals surface area contributed by atoms with E-state index < -0.39 is 0 Å². The summed E-state index contributed by atoms with van der Waals surface area (Å²) in [5.74, 6) is 2.77. The van der Waals surface area contributed by atoms with Crippen molar-refractivity contribution in [3.8, 4) is 12.3 Å². The third kappa shape index (κ3) is 5.52. The fraction of sp³-hybridized carbons (Fsp3) is 0.786. The second-order valence-corrected chi connectivity index (χ2v) is 5.02. The van der Waals surface area contributed by atoms with Gasteiger partial charge in [-0.3, -0.25) is 9.69 Å². The van der Waals surface area contributed by atoms with Crippen LogP contribution in [-0.2, 0) is 4.79 Å². The molecule has 1 rings (SSSR count). The molecule has 0 aromatic rings. The maximum absolute atomic E-state index is 11.8. The zero-order valence-corrected chi connectivity index (χ0v) is 11.7. The van der Waals surface area contributed by atoms with Gasteiger partial charge in [0, 0.05) is 59.2 Å². The van der Waals surface area contributed by atoms with Gasteiger partial charge in [0.15, 0.2) is 0 Å². The molecular weight excluding hydrogens is 226 g/mol. The van der Waals surface area contributed by atoms with E-state index in [1.165, 1.54) is 0 Å². The Morgan fingerprint density at radius 3 is 2.61 bits per heavy atom. The van der Waals surface area contributed by atoms with Gasteiger partial charge in [-0.15, -0.1) is 12.3 Å². The molecular formula is C14H25N3O. The SMILES string of the molecule is C#CCCCC(=O)N(C)CCN1CCN(C)CC1. The predicted molar refractivity (Wildman–Crippen MR) is 74.3 cm³/mol. The minimum absolute atomic E-state index is 0.208. The van der Waals surface area contributed by atoms with Crippen LogP contribution in [-0.4, -0.2) is 74.0 Å². The van der Waals surface area contributed by atoms with Crippen LogP contribution in [0.3, 0.4) is 0 Å². The lowest BCUT2D eigenvalue weighted by Gasteiger charge is -2.33. The number of hydrogen-bond donors (Lipinski definition) is 0. The zero-order valence-electron chi connectivity index (χ0n) is 11.7. The van der Waals surface area contributed by atoms with Gasteiger partial charge < -0.3 is 9.80 Å². The Kier molecular flexibility index (Phi) is 6.77. The fourth-order valence-electron chi connectivity index (χ4n) is 2.02. The molecule has 18 heavy (non-hydrogen) atoms. The summed E-state index contributed by atoms with van der Waals surface area (Å²) in [6.45, 7) is 6.26. The van der Waals surface area contributed by atoms with Crippen molar-refractivity contribution in [3.63, 3.8) is 0 Å². The van der Waals surface area contributed by atoms with Crippen LogP contribution in [0.25, 0.3) is 0 Å². The van der Waals surface area contributed by atoms with Gasteiger partial charge in [0.25, 0.3) is 0 Å². The van der Waals surface area contributed by atoms with Crippen molar-refractivity contribution in [2.75, 3.05) is 53.4 Å². The predicted octanol–water partition coefficient (Wildman–Crippen LogP) is 0.496. The molecule has 0 saturated carbocycles. The van der Waals surface area contributed by atoms with Crippen LogP contribution in [0.15, 0.2) is 0 Å². The highest BCUT2D eigenvalue weighted by Crippen LogP contribution is 2.01. The Labute approximate surface area is 111 Å². The monoisotopic (exact) mass is 251 g/mol. The van der Waals surface area contributed by atoms with E-state index in [1.54, 1.807) is 0 Å². The molecule has 0 aromatic heterocycles. The van der Waals surface area contributed by atoms with E-state index in [-0.39, 0.29) is 5.91 Å². The van der Waals surface area contributed by atoms with E-state index in [9.17, 15) is 4.79 Å². The highest BCUT2D eigenvalue weighted by molar-refractivity contribution is 5.75. The van der Waals surface area contributed by atoms with Gasteiger partial charge in [0.1, 0.15) is 0 Å². The normalized spacial score (nSPS) is 17.4. The molecule has 4 heteroatoms. The molecule has 0 aliphatic carbocycles. The van der Waals surface area contributed by atoms with E-state index in [4.69, 9.17) is 6.42 Å². The highest BCUT2D eigenvalue weighted by Gasteiger charge is 2.15. The molecule has 1 heterocycles. The first-order valence-corrected chi connectivity index (χ1v) is 6.72. The molecule has 4 nitrogen and oxygen atoms in total. The van der Waals surface area contributed by atoms with Crippen LogP contribution < -0.4 is 0 Å². The number of nitrogens with zero attached hydrogens (tertiary/aromatic N) is 3. The standard InChI is InChI=1S/C14H25N3O/c1-4-5-6-7-14(18)16(3)10-13-17-11-8-15(2)9-12-17/h1H,5-13H2,2-3H3. The van der Waals surface area contributed by atoms with Crippen molar-refractivity contribution in [1.82, 2.24) is 14.7 Å². The lowest BCUT2D eigenvalue weighted by atomic mass is 10.2. The molecule has 1 aliphatic rings. The molecule has 1 aliphatic heterocycles. The first kappa shape index (κ1) is 15.0. The van der Waals surface area contributed by atoms with E-state index in [2.05, 4.69) is 22.8 Å². The van der Waals surface area contributed by atoms with Crippen molar-refractivity contribution in [3.05, 3.63) is 0 Å². The molecule has 1 saturated heterocycles. The molecule has 0 atom stereocenters. The fourth-order valence-corrected chi connectivity index (χ4v) is 2.02. The molecule has 0 unspecified atom stereocenters. The Balaban J connectivity index is 2.14. The maximum atomic E-state index is 11.8. The average molecular weight is 251 g/mol. The van der Waals surface area contributed by atoms with Crippen LogP contribution >= 0.6 is 0 Å². The van der Waals surface area contributed by atoms with E-state index in [1.807, 2.05) is 11.9 Å². The number of unbranched alkanes of at least 4 members (excludes halogenated alkanes) is 1. The van der Waals surface area contributed by atoms with E-state index in [0.29, 0.717) is 12.8 Å². The minimum Gasteiger partial charge on any atom is -0.344 e. The minimum atomic E-state index is 0.208. The van der Waals surface area contributed by atoms with Crippen LogP contribution in [0.5, 0.6) is 0 Å². The Morgan fingerprint density at radius 1 is 1.33 bits per heavy atom. The maximum Gasteiger partial charge on any atom is 0.222 e. The molecule has 0 bridgehead atoms. The van der Waals surface area contributed by atoms with E-state index in [0.717, 1.165) is 45.7 Å². The summed E-state index contributed by atoms with van der Waals surface area (Å²) < 4.78 is 0. The molecule has 0 radical (unpaired) electrons. The number of likely N-dealkylation sites (N-methyl/N-ethyl adjacent to an activating group) is 2. The van der Waals surface area contributed by atoms with Gasteiger partial charge in [-0.05, 0) is 13.5 Å². The summed E-state index contributed by atoms with van der Waals surface area (Å²) >= 11 is 0. The van der Waals surface area contributed by atoms with Gasteiger partial charge in [-0.2, -0.15) is 0 Å². The van der Waals surface area contributed by atoms with Crippen molar-refractivity contribution < 1.29 is 4.79 Å².